The number of piperidine rings is 1. The summed E-state index contributed by atoms with van der Waals surface area (Å²) in [6, 6.07) is -0.259. The van der Waals surface area contributed by atoms with E-state index in [2.05, 4.69) is 18.6 Å². The highest BCUT2D eigenvalue weighted by molar-refractivity contribution is 7.87. The number of rotatable bonds is 5. The molecule has 0 radical (unpaired) electrons. The second kappa shape index (κ2) is 6.73. The first-order valence-electron chi connectivity index (χ1n) is 7.44. The third-order valence-electron chi connectivity index (χ3n) is 3.93. The van der Waals surface area contributed by atoms with Crippen LogP contribution < -0.4 is 4.72 Å². The van der Waals surface area contributed by atoms with Gasteiger partial charge in [-0.15, -0.1) is 0 Å². The molecular weight excluding hydrogens is 276 g/mol. The number of hydrogen-bond acceptors (Lipinski definition) is 3. The molecule has 3 atom stereocenters. The SMILES string of the molecule is CC1CC(C)CN(S(=O)(=O)NC(CCO)C(C)(C)C)C1. The van der Waals surface area contributed by atoms with Crippen LogP contribution in [0, 0.1) is 17.3 Å². The zero-order valence-electron chi connectivity index (χ0n) is 13.4. The lowest BCUT2D eigenvalue weighted by Gasteiger charge is -2.37. The van der Waals surface area contributed by atoms with Crippen molar-refractivity contribution >= 4 is 10.2 Å². The Bertz CT molecular complexity index is 393. The van der Waals surface area contributed by atoms with E-state index < -0.39 is 10.2 Å². The molecule has 0 saturated carbocycles. The van der Waals surface area contributed by atoms with Gasteiger partial charge in [0.25, 0.3) is 10.2 Å². The lowest BCUT2D eigenvalue weighted by molar-refractivity contribution is 0.199. The third-order valence-corrected chi connectivity index (χ3v) is 5.49. The Labute approximate surface area is 123 Å². The normalized spacial score (nSPS) is 27.5. The third kappa shape index (κ3) is 4.98. The van der Waals surface area contributed by atoms with Crippen LogP contribution >= 0.6 is 0 Å². The topological polar surface area (TPSA) is 69.6 Å². The summed E-state index contributed by atoms with van der Waals surface area (Å²) in [7, 11) is -3.48. The van der Waals surface area contributed by atoms with Crippen LogP contribution in [0.2, 0.25) is 0 Å². The lowest BCUT2D eigenvalue weighted by Crippen LogP contribution is -2.53. The fraction of sp³-hybridized carbons (Fsp3) is 1.00. The molecule has 1 aliphatic rings. The highest BCUT2D eigenvalue weighted by atomic mass is 32.2. The summed E-state index contributed by atoms with van der Waals surface area (Å²) in [6.07, 6.45) is 1.51. The van der Waals surface area contributed by atoms with E-state index in [1.165, 1.54) is 0 Å². The molecular formula is C14H30N2O3S. The molecule has 0 aromatic rings. The number of hydrogen-bond donors (Lipinski definition) is 2. The second-order valence-electron chi connectivity index (χ2n) is 7.32. The first-order valence-corrected chi connectivity index (χ1v) is 8.88. The van der Waals surface area contributed by atoms with Gasteiger partial charge in [0, 0.05) is 25.7 Å². The Balaban J connectivity index is 2.81. The Hall–Kier alpha value is -0.170. The van der Waals surface area contributed by atoms with Crippen molar-refractivity contribution in [3.05, 3.63) is 0 Å². The van der Waals surface area contributed by atoms with E-state index >= 15 is 0 Å². The zero-order chi connectivity index (χ0) is 15.6. The van der Waals surface area contributed by atoms with Crippen molar-refractivity contribution in [2.75, 3.05) is 19.7 Å². The highest BCUT2D eigenvalue weighted by Crippen LogP contribution is 2.26. The lowest BCUT2D eigenvalue weighted by atomic mass is 9.86. The van der Waals surface area contributed by atoms with Crippen LogP contribution in [0.25, 0.3) is 0 Å². The standard InChI is InChI=1S/C14H30N2O3S/c1-11-8-12(2)10-16(9-11)20(18,19)15-13(6-7-17)14(3,4)5/h11-13,15,17H,6-10H2,1-5H3. The highest BCUT2D eigenvalue weighted by Gasteiger charge is 2.34. The van der Waals surface area contributed by atoms with Crippen LogP contribution in [0.3, 0.4) is 0 Å². The molecule has 1 heterocycles. The number of nitrogens with zero attached hydrogens (tertiary/aromatic N) is 1. The average Bonchev–Trinajstić information content (AvgIpc) is 2.25. The first-order chi connectivity index (χ1) is 9.06. The van der Waals surface area contributed by atoms with Gasteiger partial charge in [-0.05, 0) is 30.1 Å². The van der Waals surface area contributed by atoms with E-state index in [0.29, 0.717) is 31.3 Å². The van der Waals surface area contributed by atoms with Crippen LogP contribution in [0.1, 0.15) is 47.5 Å². The molecule has 2 N–H and O–H groups in total. The summed E-state index contributed by atoms with van der Waals surface area (Å²) < 4.78 is 29.4. The van der Waals surface area contributed by atoms with E-state index in [0.717, 1.165) is 6.42 Å². The van der Waals surface area contributed by atoms with Crippen LogP contribution in [0.4, 0.5) is 0 Å². The van der Waals surface area contributed by atoms with Gasteiger partial charge >= 0.3 is 0 Å². The molecule has 1 saturated heterocycles. The minimum absolute atomic E-state index is 0.0166. The van der Waals surface area contributed by atoms with Gasteiger partial charge in [-0.1, -0.05) is 34.6 Å². The van der Waals surface area contributed by atoms with Gasteiger partial charge in [0.2, 0.25) is 0 Å². The van der Waals surface area contributed by atoms with Crippen molar-refractivity contribution in [2.45, 2.75) is 53.5 Å². The zero-order valence-corrected chi connectivity index (χ0v) is 14.2. The van der Waals surface area contributed by atoms with E-state index in [9.17, 15) is 8.42 Å². The smallest absolute Gasteiger partial charge is 0.279 e. The van der Waals surface area contributed by atoms with Crippen molar-refractivity contribution in [3.8, 4) is 0 Å². The summed E-state index contributed by atoms with van der Waals surface area (Å²) in [5, 5.41) is 9.14. The maximum atomic E-state index is 12.5. The summed E-state index contributed by atoms with van der Waals surface area (Å²) >= 11 is 0. The minimum atomic E-state index is -3.48. The van der Waals surface area contributed by atoms with Crippen molar-refractivity contribution < 1.29 is 13.5 Å². The molecule has 0 aromatic carbocycles. The number of aliphatic hydroxyl groups is 1. The molecule has 0 amide bonds. The van der Waals surface area contributed by atoms with Crippen molar-refractivity contribution in [1.82, 2.24) is 9.03 Å². The molecule has 1 aliphatic heterocycles. The largest absolute Gasteiger partial charge is 0.396 e. The quantitative estimate of drug-likeness (QED) is 0.810. The molecule has 120 valence electrons. The van der Waals surface area contributed by atoms with Gasteiger partial charge < -0.3 is 5.11 Å². The van der Waals surface area contributed by atoms with Crippen LogP contribution in [0.15, 0.2) is 0 Å². The van der Waals surface area contributed by atoms with Crippen molar-refractivity contribution in [2.24, 2.45) is 17.3 Å². The van der Waals surface area contributed by atoms with E-state index in [4.69, 9.17) is 5.11 Å². The predicted molar refractivity (Wildman–Crippen MR) is 81.5 cm³/mol. The molecule has 5 nitrogen and oxygen atoms in total. The molecule has 20 heavy (non-hydrogen) atoms. The van der Waals surface area contributed by atoms with Gasteiger partial charge in [0.1, 0.15) is 0 Å². The van der Waals surface area contributed by atoms with Gasteiger partial charge in [-0.3, -0.25) is 0 Å². The molecule has 1 rings (SSSR count). The second-order valence-corrected chi connectivity index (χ2v) is 9.02. The van der Waals surface area contributed by atoms with Gasteiger partial charge in [0.05, 0.1) is 0 Å². The van der Waals surface area contributed by atoms with E-state index in [1.807, 2.05) is 20.8 Å². The summed E-state index contributed by atoms with van der Waals surface area (Å²) in [6.45, 7) is 11.3. The molecule has 6 heteroatoms. The molecule has 0 aliphatic carbocycles. The number of aliphatic hydroxyl groups excluding tert-OH is 1. The Morgan fingerprint density at radius 3 is 2.15 bits per heavy atom. The maximum absolute atomic E-state index is 12.5. The van der Waals surface area contributed by atoms with E-state index in [1.54, 1.807) is 4.31 Å². The van der Waals surface area contributed by atoms with Crippen LogP contribution in [-0.4, -0.2) is 43.6 Å². The summed E-state index contributed by atoms with van der Waals surface area (Å²) in [4.78, 5) is 0. The van der Waals surface area contributed by atoms with Crippen LogP contribution in [-0.2, 0) is 10.2 Å². The van der Waals surface area contributed by atoms with Crippen molar-refractivity contribution in [1.29, 1.82) is 0 Å². The van der Waals surface area contributed by atoms with Crippen molar-refractivity contribution in [3.63, 3.8) is 0 Å². The molecule has 0 aromatic heterocycles. The first kappa shape index (κ1) is 17.9. The monoisotopic (exact) mass is 306 g/mol. The molecule has 0 spiro atoms. The maximum Gasteiger partial charge on any atom is 0.279 e. The van der Waals surface area contributed by atoms with Gasteiger partial charge in [-0.2, -0.15) is 17.4 Å². The minimum Gasteiger partial charge on any atom is -0.396 e. The predicted octanol–water partition coefficient (Wildman–Crippen LogP) is 1.60. The van der Waals surface area contributed by atoms with E-state index in [-0.39, 0.29) is 18.1 Å². The Kier molecular flexibility index (Phi) is 6.01. The fourth-order valence-corrected chi connectivity index (χ4v) is 4.74. The molecule has 1 fully saturated rings. The van der Waals surface area contributed by atoms with Crippen LogP contribution in [0.5, 0.6) is 0 Å². The van der Waals surface area contributed by atoms with Gasteiger partial charge in [-0.25, -0.2) is 0 Å². The summed E-state index contributed by atoms with van der Waals surface area (Å²) in [5.41, 5.74) is -0.219. The fourth-order valence-electron chi connectivity index (χ4n) is 2.85. The number of nitrogens with one attached hydrogen (secondary N) is 1. The molecule has 3 unspecified atom stereocenters. The Morgan fingerprint density at radius 2 is 1.75 bits per heavy atom. The summed E-state index contributed by atoms with van der Waals surface area (Å²) in [5.74, 6) is 0.780. The van der Waals surface area contributed by atoms with Gasteiger partial charge in [0.15, 0.2) is 0 Å². The average molecular weight is 306 g/mol. The molecule has 0 bridgehead atoms. The Morgan fingerprint density at radius 1 is 1.25 bits per heavy atom.